The lowest BCUT2D eigenvalue weighted by Crippen LogP contribution is -2.38. The van der Waals surface area contributed by atoms with E-state index in [1.165, 1.54) is 0 Å². The summed E-state index contributed by atoms with van der Waals surface area (Å²) in [6.45, 7) is 1.19. The Kier molecular flexibility index (Phi) is 4.17. The highest BCUT2D eigenvalue weighted by Gasteiger charge is 2.22. The maximum atomic E-state index is 10.5. The Morgan fingerprint density at radius 1 is 1.50 bits per heavy atom. The average molecular weight is 251 g/mol. The van der Waals surface area contributed by atoms with Crippen LogP contribution in [0.2, 0.25) is 0 Å². The Hall–Kier alpha value is -1.59. The van der Waals surface area contributed by atoms with Crippen LogP contribution in [-0.2, 0) is 9.53 Å². The van der Waals surface area contributed by atoms with Gasteiger partial charge in [-0.3, -0.25) is 4.79 Å². The van der Waals surface area contributed by atoms with Crippen LogP contribution in [0.1, 0.15) is 24.4 Å². The van der Waals surface area contributed by atoms with Gasteiger partial charge in [-0.1, -0.05) is 18.2 Å². The van der Waals surface area contributed by atoms with Crippen LogP contribution in [0, 0.1) is 0 Å². The SMILES string of the molecule is NC(CCC(=O)O)c1ccccc1OC1COC1. The van der Waals surface area contributed by atoms with Crippen LogP contribution in [0.25, 0.3) is 0 Å². The molecular formula is C13H17NO4. The Balaban J connectivity index is 2.02. The molecule has 0 radical (unpaired) electrons. The van der Waals surface area contributed by atoms with E-state index < -0.39 is 5.97 Å². The van der Waals surface area contributed by atoms with Gasteiger partial charge >= 0.3 is 5.97 Å². The molecule has 2 rings (SSSR count). The predicted octanol–water partition coefficient (Wildman–Crippen LogP) is 1.33. The van der Waals surface area contributed by atoms with Crippen LogP contribution in [0.3, 0.4) is 0 Å². The molecule has 1 saturated heterocycles. The molecule has 1 aliphatic heterocycles. The van der Waals surface area contributed by atoms with Crippen LogP contribution in [-0.4, -0.2) is 30.4 Å². The number of hydrogen-bond donors (Lipinski definition) is 2. The lowest BCUT2D eigenvalue weighted by Gasteiger charge is -2.28. The van der Waals surface area contributed by atoms with E-state index in [9.17, 15) is 4.79 Å². The molecule has 1 aliphatic rings. The third-order valence-corrected chi connectivity index (χ3v) is 2.89. The van der Waals surface area contributed by atoms with Gasteiger partial charge in [0.05, 0.1) is 13.2 Å². The second-order valence-corrected chi connectivity index (χ2v) is 4.35. The maximum absolute atomic E-state index is 10.5. The van der Waals surface area contributed by atoms with Gasteiger partial charge in [0.25, 0.3) is 0 Å². The van der Waals surface area contributed by atoms with Crippen molar-refractivity contribution in [1.82, 2.24) is 0 Å². The van der Waals surface area contributed by atoms with E-state index in [1.807, 2.05) is 24.3 Å². The summed E-state index contributed by atoms with van der Waals surface area (Å²) in [5.41, 5.74) is 6.86. The van der Waals surface area contributed by atoms with Crippen LogP contribution < -0.4 is 10.5 Å². The molecule has 0 spiro atoms. The van der Waals surface area contributed by atoms with Gasteiger partial charge in [-0.2, -0.15) is 0 Å². The molecule has 5 nitrogen and oxygen atoms in total. The van der Waals surface area contributed by atoms with Crippen molar-refractivity contribution in [3.63, 3.8) is 0 Å². The molecule has 1 fully saturated rings. The molecule has 98 valence electrons. The zero-order valence-corrected chi connectivity index (χ0v) is 10.0. The molecule has 3 N–H and O–H groups in total. The van der Waals surface area contributed by atoms with Gasteiger partial charge in [0.1, 0.15) is 11.9 Å². The van der Waals surface area contributed by atoms with E-state index in [0.717, 1.165) is 11.3 Å². The number of nitrogens with two attached hydrogens (primary N) is 1. The van der Waals surface area contributed by atoms with Crippen molar-refractivity contribution in [1.29, 1.82) is 0 Å². The standard InChI is InChI=1S/C13H17NO4/c14-11(5-6-13(15)16)10-3-1-2-4-12(10)18-9-7-17-8-9/h1-4,9,11H,5-8,14H2,(H,15,16). The van der Waals surface area contributed by atoms with Gasteiger partial charge in [0.15, 0.2) is 0 Å². The average Bonchev–Trinajstić information content (AvgIpc) is 2.31. The fourth-order valence-corrected chi connectivity index (χ4v) is 1.79. The van der Waals surface area contributed by atoms with Crippen molar-refractivity contribution >= 4 is 5.97 Å². The van der Waals surface area contributed by atoms with E-state index in [0.29, 0.717) is 19.6 Å². The normalized spacial score (nSPS) is 16.9. The molecule has 5 heteroatoms. The zero-order chi connectivity index (χ0) is 13.0. The molecule has 0 aromatic heterocycles. The summed E-state index contributed by atoms with van der Waals surface area (Å²) in [5.74, 6) is -0.111. The summed E-state index contributed by atoms with van der Waals surface area (Å²) in [7, 11) is 0. The number of carboxylic acids is 1. The van der Waals surface area contributed by atoms with Crippen molar-refractivity contribution in [2.24, 2.45) is 5.73 Å². The number of aliphatic carboxylic acids is 1. The number of para-hydroxylation sites is 1. The number of rotatable bonds is 6. The van der Waals surface area contributed by atoms with Crippen LogP contribution >= 0.6 is 0 Å². The lowest BCUT2D eigenvalue weighted by molar-refractivity contribution is -0.137. The monoisotopic (exact) mass is 251 g/mol. The third kappa shape index (κ3) is 3.21. The molecule has 1 aromatic rings. The predicted molar refractivity (Wildman–Crippen MR) is 65.5 cm³/mol. The smallest absolute Gasteiger partial charge is 0.303 e. The van der Waals surface area contributed by atoms with Crippen molar-refractivity contribution in [2.75, 3.05) is 13.2 Å². The number of carbonyl (C=O) groups is 1. The van der Waals surface area contributed by atoms with Crippen LogP contribution in [0.5, 0.6) is 5.75 Å². The molecule has 0 aliphatic carbocycles. The van der Waals surface area contributed by atoms with Crippen molar-refractivity contribution in [3.8, 4) is 5.75 Å². The second-order valence-electron chi connectivity index (χ2n) is 4.35. The van der Waals surface area contributed by atoms with Crippen molar-refractivity contribution in [2.45, 2.75) is 25.0 Å². The largest absolute Gasteiger partial charge is 0.485 e. The van der Waals surface area contributed by atoms with Crippen LogP contribution in [0.4, 0.5) is 0 Å². The number of hydrogen-bond acceptors (Lipinski definition) is 4. The minimum Gasteiger partial charge on any atom is -0.485 e. The van der Waals surface area contributed by atoms with Gasteiger partial charge in [0, 0.05) is 18.0 Å². The van der Waals surface area contributed by atoms with Crippen molar-refractivity contribution in [3.05, 3.63) is 29.8 Å². The van der Waals surface area contributed by atoms with Gasteiger partial charge in [-0.25, -0.2) is 0 Å². The molecule has 0 bridgehead atoms. The summed E-state index contributed by atoms with van der Waals surface area (Å²) >= 11 is 0. The minimum absolute atomic E-state index is 0.0576. The van der Waals surface area contributed by atoms with Gasteiger partial charge in [-0.05, 0) is 12.5 Å². The Morgan fingerprint density at radius 2 is 2.22 bits per heavy atom. The molecule has 1 atom stereocenters. The minimum atomic E-state index is -0.837. The maximum Gasteiger partial charge on any atom is 0.303 e. The first-order valence-corrected chi connectivity index (χ1v) is 5.97. The molecular weight excluding hydrogens is 234 g/mol. The summed E-state index contributed by atoms with van der Waals surface area (Å²) in [5, 5.41) is 8.67. The van der Waals surface area contributed by atoms with Gasteiger partial charge < -0.3 is 20.3 Å². The van der Waals surface area contributed by atoms with E-state index in [4.69, 9.17) is 20.3 Å². The molecule has 18 heavy (non-hydrogen) atoms. The molecule has 1 unspecified atom stereocenters. The summed E-state index contributed by atoms with van der Waals surface area (Å²) in [6, 6.07) is 7.16. The highest BCUT2D eigenvalue weighted by Crippen LogP contribution is 2.28. The first-order valence-electron chi connectivity index (χ1n) is 5.97. The fraction of sp³-hybridized carbons (Fsp3) is 0.462. The second kappa shape index (κ2) is 5.84. The molecule has 0 saturated carbocycles. The number of ether oxygens (including phenoxy) is 2. The Labute approximate surface area is 106 Å². The van der Waals surface area contributed by atoms with Gasteiger partial charge in [-0.15, -0.1) is 0 Å². The van der Waals surface area contributed by atoms with E-state index in [1.54, 1.807) is 0 Å². The number of carboxylic acid groups (broad SMARTS) is 1. The molecule has 1 heterocycles. The molecule has 0 amide bonds. The van der Waals surface area contributed by atoms with Gasteiger partial charge in [0.2, 0.25) is 0 Å². The highest BCUT2D eigenvalue weighted by atomic mass is 16.6. The molecule has 1 aromatic carbocycles. The summed E-state index contributed by atoms with van der Waals surface area (Å²) < 4.78 is 10.8. The zero-order valence-electron chi connectivity index (χ0n) is 10.0. The summed E-state index contributed by atoms with van der Waals surface area (Å²) in [6.07, 6.45) is 0.539. The topological polar surface area (TPSA) is 81.8 Å². The third-order valence-electron chi connectivity index (χ3n) is 2.89. The Bertz CT molecular complexity index is 417. The van der Waals surface area contributed by atoms with E-state index >= 15 is 0 Å². The van der Waals surface area contributed by atoms with E-state index in [2.05, 4.69) is 0 Å². The first kappa shape index (κ1) is 12.9. The summed E-state index contributed by atoms with van der Waals surface area (Å²) in [4.78, 5) is 10.5. The lowest BCUT2D eigenvalue weighted by atomic mass is 10.0. The quantitative estimate of drug-likeness (QED) is 0.797. The number of benzene rings is 1. The van der Waals surface area contributed by atoms with Crippen molar-refractivity contribution < 1.29 is 19.4 Å². The van der Waals surface area contributed by atoms with Crippen LogP contribution in [0.15, 0.2) is 24.3 Å². The van der Waals surface area contributed by atoms with E-state index in [-0.39, 0.29) is 18.6 Å². The fourth-order valence-electron chi connectivity index (χ4n) is 1.79. The Morgan fingerprint density at radius 3 is 2.83 bits per heavy atom. The first-order chi connectivity index (χ1) is 8.66. The highest BCUT2D eigenvalue weighted by molar-refractivity contribution is 5.66.